The largest absolute Gasteiger partial charge is 0.378 e. The standard InChI is InChI=1S/C17H27N3O/c1-20(2)15-8-6-14(7-9-15)13-19-16(21)12-17(18)10-4-3-5-11-17/h6-9H,3-5,10-13,18H2,1-2H3,(H,19,21). The average molecular weight is 289 g/mol. The summed E-state index contributed by atoms with van der Waals surface area (Å²) in [5.41, 5.74) is 8.31. The molecule has 1 fully saturated rings. The molecule has 0 aliphatic heterocycles. The summed E-state index contributed by atoms with van der Waals surface area (Å²) in [6.07, 6.45) is 5.93. The normalized spacial score (nSPS) is 17.3. The fourth-order valence-electron chi connectivity index (χ4n) is 2.93. The lowest BCUT2D eigenvalue weighted by atomic mass is 9.80. The highest BCUT2D eigenvalue weighted by atomic mass is 16.1. The Morgan fingerprint density at radius 1 is 1.19 bits per heavy atom. The molecule has 116 valence electrons. The lowest BCUT2D eigenvalue weighted by Crippen LogP contribution is -2.45. The highest BCUT2D eigenvalue weighted by Gasteiger charge is 2.29. The second-order valence-electron chi connectivity index (χ2n) is 6.44. The molecule has 3 N–H and O–H groups in total. The quantitative estimate of drug-likeness (QED) is 0.875. The van der Waals surface area contributed by atoms with Gasteiger partial charge in [0.25, 0.3) is 0 Å². The molecule has 1 amide bonds. The fraction of sp³-hybridized carbons (Fsp3) is 0.588. The lowest BCUT2D eigenvalue weighted by molar-refractivity contribution is -0.122. The topological polar surface area (TPSA) is 58.4 Å². The molecule has 0 spiro atoms. The van der Waals surface area contributed by atoms with Gasteiger partial charge in [0.2, 0.25) is 5.91 Å². The third-order valence-electron chi connectivity index (χ3n) is 4.30. The SMILES string of the molecule is CN(C)c1ccc(CNC(=O)CC2(N)CCCCC2)cc1. The number of anilines is 1. The number of carbonyl (C=O) groups is 1. The smallest absolute Gasteiger partial charge is 0.222 e. The number of amides is 1. The number of nitrogens with two attached hydrogens (primary N) is 1. The van der Waals surface area contributed by atoms with Gasteiger partial charge in [0.05, 0.1) is 0 Å². The molecule has 1 aromatic rings. The van der Waals surface area contributed by atoms with Crippen molar-refractivity contribution in [2.45, 2.75) is 50.6 Å². The van der Waals surface area contributed by atoms with E-state index in [9.17, 15) is 4.79 Å². The zero-order valence-electron chi connectivity index (χ0n) is 13.2. The van der Waals surface area contributed by atoms with Crippen LogP contribution in [0.5, 0.6) is 0 Å². The van der Waals surface area contributed by atoms with E-state index >= 15 is 0 Å². The molecule has 0 unspecified atom stereocenters. The van der Waals surface area contributed by atoms with Crippen molar-refractivity contribution in [1.82, 2.24) is 5.32 Å². The van der Waals surface area contributed by atoms with E-state index in [1.54, 1.807) is 0 Å². The Kier molecular flexibility index (Phi) is 5.23. The van der Waals surface area contributed by atoms with E-state index in [1.165, 1.54) is 6.42 Å². The van der Waals surface area contributed by atoms with E-state index in [1.807, 2.05) is 14.1 Å². The molecule has 1 aromatic carbocycles. The minimum atomic E-state index is -0.281. The van der Waals surface area contributed by atoms with E-state index in [0.29, 0.717) is 13.0 Å². The van der Waals surface area contributed by atoms with Crippen LogP contribution in [0.3, 0.4) is 0 Å². The first-order chi connectivity index (χ1) is 9.98. The monoisotopic (exact) mass is 289 g/mol. The number of hydrogen-bond acceptors (Lipinski definition) is 3. The molecule has 1 saturated carbocycles. The number of rotatable bonds is 5. The van der Waals surface area contributed by atoms with E-state index in [0.717, 1.165) is 36.9 Å². The molecular weight excluding hydrogens is 262 g/mol. The first kappa shape index (κ1) is 15.8. The highest BCUT2D eigenvalue weighted by Crippen LogP contribution is 2.28. The summed E-state index contributed by atoms with van der Waals surface area (Å²) in [5, 5.41) is 2.99. The molecule has 4 heteroatoms. The Bertz CT molecular complexity index is 461. The van der Waals surface area contributed by atoms with Crippen molar-refractivity contribution in [3.63, 3.8) is 0 Å². The van der Waals surface area contributed by atoms with Gasteiger partial charge in [-0.15, -0.1) is 0 Å². The van der Waals surface area contributed by atoms with Crippen LogP contribution < -0.4 is 16.0 Å². The second-order valence-corrected chi connectivity index (χ2v) is 6.44. The zero-order chi connectivity index (χ0) is 15.3. The van der Waals surface area contributed by atoms with Crippen LogP contribution in [0.4, 0.5) is 5.69 Å². The molecule has 0 radical (unpaired) electrons. The molecule has 0 atom stereocenters. The first-order valence-electron chi connectivity index (χ1n) is 7.80. The van der Waals surface area contributed by atoms with Crippen LogP contribution in [-0.4, -0.2) is 25.5 Å². The van der Waals surface area contributed by atoms with Crippen LogP contribution in [0.1, 0.15) is 44.1 Å². The summed E-state index contributed by atoms with van der Waals surface area (Å²) in [7, 11) is 4.03. The van der Waals surface area contributed by atoms with Gasteiger partial charge in [0.15, 0.2) is 0 Å². The van der Waals surface area contributed by atoms with E-state index in [4.69, 9.17) is 5.73 Å². The molecule has 0 saturated heterocycles. The van der Waals surface area contributed by atoms with E-state index in [-0.39, 0.29) is 11.4 Å². The Labute approximate surface area is 127 Å². The molecule has 4 nitrogen and oxygen atoms in total. The van der Waals surface area contributed by atoms with Crippen LogP contribution in [0, 0.1) is 0 Å². The maximum absolute atomic E-state index is 12.1. The van der Waals surface area contributed by atoms with Crippen molar-refractivity contribution in [1.29, 1.82) is 0 Å². The molecule has 0 heterocycles. The maximum Gasteiger partial charge on any atom is 0.222 e. The van der Waals surface area contributed by atoms with Gasteiger partial charge in [-0.25, -0.2) is 0 Å². The maximum atomic E-state index is 12.1. The van der Waals surface area contributed by atoms with Gasteiger partial charge in [-0.05, 0) is 30.5 Å². The summed E-state index contributed by atoms with van der Waals surface area (Å²) in [6.45, 7) is 0.572. The highest BCUT2D eigenvalue weighted by molar-refractivity contribution is 5.77. The number of hydrogen-bond donors (Lipinski definition) is 2. The Hall–Kier alpha value is -1.55. The molecule has 1 aliphatic carbocycles. The minimum Gasteiger partial charge on any atom is -0.378 e. The summed E-state index contributed by atoms with van der Waals surface area (Å²) in [5.74, 6) is 0.0658. The summed E-state index contributed by atoms with van der Waals surface area (Å²) in [4.78, 5) is 14.1. The Balaban J connectivity index is 1.80. The molecule has 1 aliphatic rings. The molecule has 0 bridgehead atoms. The van der Waals surface area contributed by atoms with Gasteiger partial charge in [-0.3, -0.25) is 4.79 Å². The number of benzene rings is 1. The number of carbonyl (C=O) groups excluding carboxylic acids is 1. The fourth-order valence-corrected chi connectivity index (χ4v) is 2.93. The molecule has 21 heavy (non-hydrogen) atoms. The van der Waals surface area contributed by atoms with Crippen LogP contribution in [0.2, 0.25) is 0 Å². The van der Waals surface area contributed by atoms with Gasteiger partial charge in [0, 0.05) is 38.3 Å². The second kappa shape index (κ2) is 6.94. The third-order valence-corrected chi connectivity index (χ3v) is 4.30. The van der Waals surface area contributed by atoms with Crippen molar-refractivity contribution in [3.05, 3.63) is 29.8 Å². The van der Waals surface area contributed by atoms with Crippen molar-refractivity contribution in [2.24, 2.45) is 5.73 Å². The predicted molar refractivity (Wildman–Crippen MR) is 87.2 cm³/mol. The van der Waals surface area contributed by atoms with Crippen LogP contribution in [0.25, 0.3) is 0 Å². The van der Waals surface area contributed by atoms with Gasteiger partial charge in [0.1, 0.15) is 0 Å². The number of nitrogens with zero attached hydrogens (tertiary/aromatic N) is 1. The lowest BCUT2D eigenvalue weighted by Gasteiger charge is -2.32. The molecular formula is C17H27N3O. The molecule has 0 aromatic heterocycles. The van der Waals surface area contributed by atoms with Gasteiger partial charge >= 0.3 is 0 Å². The van der Waals surface area contributed by atoms with Crippen LogP contribution >= 0.6 is 0 Å². The van der Waals surface area contributed by atoms with Crippen molar-refractivity contribution >= 4 is 11.6 Å². The van der Waals surface area contributed by atoms with Gasteiger partial charge in [-0.1, -0.05) is 31.4 Å². The zero-order valence-corrected chi connectivity index (χ0v) is 13.2. The van der Waals surface area contributed by atoms with Crippen molar-refractivity contribution < 1.29 is 4.79 Å². The third kappa shape index (κ3) is 4.74. The van der Waals surface area contributed by atoms with Crippen molar-refractivity contribution in [2.75, 3.05) is 19.0 Å². The van der Waals surface area contributed by atoms with Crippen LogP contribution in [-0.2, 0) is 11.3 Å². The number of nitrogens with one attached hydrogen (secondary N) is 1. The van der Waals surface area contributed by atoms with Gasteiger partial charge < -0.3 is 16.0 Å². The van der Waals surface area contributed by atoms with Gasteiger partial charge in [-0.2, -0.15) is 0 Å². The van der Waals surface area contributed by atoms with E-state index < -0.39 is 0 Å². The van der Waals surface area contributed by atoms with Crippen molar-refractivity contribution in [3.8, 4) is 0 Å². The minimum absolute atomic E-state index is 0.0658. The summed E-state index contributed by atoms with van der Waals surface area (Å²) >= 11 is 0. The first-order valence-corrected chi connectivity index (χ1v) is 7.80. The predicted octanol–water partition coefficient (Wildman–Crippen LogP) is 2.42. The Morgan fingerprint density at radius 2 is 1.81 bits per heavy atom. The van der Waals surface area contributed by atoms with Crippen LogP contribution in [0.15, 0.2) is 24.3 Å². The molecule has 2 rings (SSSR count). The van der Waals surface area contributed by atoms with E-state index in [2.05, 4.69) is 34.5 Å². The Morgan fingerprint density at radius 3 is 2.38 bits per heavy atom. The average Bonchev–Trinajstić information content (AvgIpc) is 2.46. The summed E-state index contributed by atoms with van der Waals surface area (Å²) < 4.78 is 0. The summed E-state index contributed by atoms with van der Waals surface area (Å²) in [6, 6.07) is 8.23.